The van der Waals surface area contributed by atoms with E-state index in [1.54, 1.807) is 0 Å². The van der Waals surface area contributed by atoms with Crippen LogP contribution in [0.1, 0.15) is 39.0 Å². The van der Waals surface area contributed by atoms with Gasteiger partial charge in [-0.1, -0.05) is 0 Å². The monoisotopic (exact) mass is 208 g/mol. The Morgan fingerprint density at radius 2 is 2.00 bits per heavy atom. The summed E-state index contributed by atoms with van der Waals surface area (Å²) in [5.41, 5.74) is 6.25. The molecule has 4 atom stereocenters. The number of carbonyl (C=O) groups excluding carboxylic acids is 1. The maximum atomic E-state index is 12.1. The van der Waals surface area contributed by atoms with E-state index in [1.165, 1.54) is 19.3 Å². The highest BCUT2D eigenvalue weighted by molar-refractivity contribution is 5.81. The standard InChI is InChI=1S/C12H20N2O/c1-12(4-5-12)14-11(15)9-7-2-3-8(6-7)10(9)13/h7-10H,2-6,13H2,1H3,(H,14,15). The van der Waals surface area contributed by atoms with E-state index in [0.717, 1.165) is 12.8 Å². The van der Waals surface area contributed by atoms with Gasteiger partial charge in [-0.25, -0.2) is 0 Å². The minimum atomic E-state index is 0.110. The zero-order valence-corrected chi connectivity index (χ0v) is 9.33. The van der Waals surface area contributed by atoms with Crippen LogP contribution in [0.15, 0.2) is 0 Å². The summed E-state index contributed by atoms with van der Waals surface area (Å²) in [5, 5.41) is 3.17. The first-order valence-electron chi connectivity index (χ1n) is 6.17. The van der Waals surface area contributed by atoms with Crippen molar-refractivity contribution in [3.05, 3.63) is 0 Å². The normalized spacial score (nSPS) is 45.5. The van der Waals surface area contributed by atoms with Crippen LogP contribution in [0.25, 0.3) is 0 Å². The molecule has 84 valence electrons. The average Bonchev–Trinajstić information content (AvgIpc) is 2.64. The summed E-state index contributed by atoms with van der Waals surface area (Å²) in [4.78, 5) is 12.1. The van der Waals surface area contributed by atoms with Gasteiger partial charge in [0.05, 0.1) is 5.92 Å². The fourth-order valence-corrected chi connectivity index (χ4v) is 3.42. The second-order valence-electron chi connectivity index (χ2n) is 5.99. The summed E-state index contributed by atoms with van der Waals surface area (Å²) in [6.07, 6.45) is 5.92. The van der Waals surface area contributed by atoms with E-state index < -0.39 is 0 Å². The lowest BCUT2D eigenvalue weighted by atomic mass is 9.84. The number of nitrogens with one attached hydrogen (secondary N) is 1. The van der Waals surface area contributed by atoms with Crippen molar-refractivity contribution in [2.75, 3.05) is 0 Å². The SMILES string of the molecule is CC1(NC(=O)C2C3CCC(C3)C2N)CC1. The molecule has 3 aliphatic carbocycles. The molecule has 3 saturated carbocycles. The molecule has 0 aliphatic heterocycles. The quantitative estimate of drug-likeness (QED) is 0.712. The highest BCUT2D eigenvalue weighted by Gasteiger charge is 2.51. The largest absolute Gasteiger partial charge is 0.351 e. The van der Waals surface area contributed by atoms with Crippen molar-refractivity contribution < 1.29 is 4.79 Å². The second-order valence-corrected chi connectivity index (χ2v) is 5.99. The zero-order valence-electron chi connectivity index (χ0n) is 9.33. The minimum Gasteiger partial charge on any atom is -0.351 e. The van der Waals surface area contributed by atoms with Crippen molar-refractivity contribution in [3.8, 4) is 0 Å². The summed E-state index contributed by atoms with van der Waals surface area (Å²) in [7, 11) is 0. The Morgan fingerprint density at radius 1 is 1.33 bits per heavy atom. The Labute approximate surface area is 90.8 Å². The predicted octanol–water partition coefficient (Wildman–Crippen LogP) is 1.03. The number of hydrogen-bond acceptors (Lipinski definition) is 2. The van der Waals surface area contributed by atoms with E-state index in [-0.39, 0.29) is 23.4 Å². The molecule has 3 heteroatoms. The van der Waals surface area contributed by atoms with Crippen molar-refractivity contribution in [2.24, 2.45) is 23.5 Å². The van der Waals surface area contributed by atoms with Crippen LogP contribution in [-0.4, -0.2) is 17.5 Å². The third-order valence-corrected chi connectivity index (χ3v) is 4.71. The van der Waals surface area contributed by atoms with E-state index in [2.05, 4.69) is 12.2 Å². The lowest BCUT2D eigenvalue weighted by Crippen LogP contribution is -2.48. The topological polar surface area (TPSA) is 55.1 Å². The lowest BCUT2D eigenvalue weighted by Gasteiger charge is -2.28. The number of carbonyl (C=O) groups is 1. The number of hydrogen-bond donors (Lipinski definition) is 2. The fourth-order valence-electron chi connectivity index (χ4n) is 3.42. The summed E-state index contributed by atoms with van der Waals surface area (Å²) >= 11 is 0. The Balaban J connectivity index is 1.69. The molecule has 0 aromatic heterocycles. The van der Waals surface area contributed by atoms with Crippen molar-refractivity contribution in [2.45, 2.75) is 50.6 Å². The van der Waals surface area contributed by atoms with Crippen LogP contribution in [0.5, 0.6) is 0 Å². The molecule has 3 nitrogen and oxygen atoms in total. The molecule has 0 aromatic rings. The van der Waals surface area contributed by atoms with Gasteiger partial charge in [-0.3, -0.25) is 4.79 Å². The minimum absolute atomic E-state index is 0.110. The zero-order chi connectivity index (χ0) is 10.6. The molecule has 2 bridgehead atoms. The molecule has 3 N–H and O–H groups in total. The molecular weight excluding hydrogens is 188 g/mol. The van der Waals surface area contributed by atoms with E-state index in [9.17, 15) is 4.79 Å². The summed E-state index contributed by atoms with van der Waals surface area (Å²) in [6, 6.07) is 0.131. The molecular formula is C12H20N2O. The van der Waals surface area contributed by atoms with Crippen LogP contribution >= 0.6 is 0 Å². The Bertz CT molecular complexity index is 296. The Kier molecular flexibility index (Phi) is 1.91. The third kappa shape index (κ3) is 1.48. The smallest absolute Gasteiger partial charge is 0.225 e. The van der Waals surface area contributed by atoms with E-state index in [0.29, 0.717) is 11.8 Å². The molecule has 0 spiro atoms. The van der Waals surface area contributed by atoms with Gasteiger partial charge >= 0.3 is 0 Å². The summed E-state index contributed by atoms with van der Waals surface area (Å²) < 4.78 is 0. The van der Waals surface area contributed by atoms with Gasteiger partial charge in [0.15, 0.2) is 0 Å². The van der Waals surface area contributed by atoms with Crippen LogP contribution < -0.4 is 11.1 Å². The van der Waals surface area contributed by atoms with E-state index >= 15 is 0 Å². The van der Waals surface area contributed by atoms with Gasteiger partial charge in [0.2, 0.25) is 5.91 Å². The summed E-state index contributed by atoms with van der Waals surface area (Å²) in [6.45, 7) is 2.13. The third-order valence-electron chi connectivity index (χ3n) is 4.71. The maximum Gasteiger partial charge on any atom is 0.225 e. The number of amides is 1. The van der Waals surface area contributed by atoms with Crippen LogP contribution in [0, 0.1) is 17.8 Å². The van der Waals surface area contributed by atoms with Gasteiger partial charge in [0.1, 0.15) is 0 Å². The van der Waals surface area contributed by atoms with E-state index in [4.69, 9.17) is 5.73 Å². The van der Waals surface area contributed by atoms with Crippen LogP contribution in [0.3, 0.4) is 0 Å². The second kappa shape index (κ2) is 2.97. The molecule has 3 rings (SSSR count). The Morgan fingerprint density at radius 3 is 2.53 bits per heavy atom. The molecule has 0 aromatic carbocycles. The predicted molar refractivity (Wildman–Crippen MR) is 58.1 cm³/mol. The van der Waals surface area contributed by atoms with Gasteiger partial charge in [-0.05, 0) is 50.9 Å². The van der Waals surface area contributed by atoms with Crippen LogP contribution in [0.2, 0.25) is 0 Å². The first-order chi connectivity index (χ1) is 7.09. The Hall–Kier alpha value is -0.570. The van der Waals surface area contributed by atoms with Crippen molar-refractivity contribution >= 4 is 5.91 Å². The lowest BCUT2D eigenvalue weighted by molar-refractivity contribution is -0.127. The molecule has 15 heavy (non-hydrogen) atoms. The van der Waals surface area contributed by atoms with Gasteiger partial charge in [0.25, 0.3) is 0 Å². The molecule has 0 radical (unpaired) electrons. The number of nitrogens with two attached hydrogens (primary N) is 1. The molecule has 0 heterocycles. The average molecular weight is 208 g/mol. The number of rotatable bonds is 2. The van der Waals surface area contributed by atoms with Gasteiger partial charge < -0.3 is 11.1 Å². The van der Waals surface area contributed by atoms with Gasteiger partial charge in [0, 0.05) is 11.6 Å². The highest BCUT2D eigenvalue weighted by atomic mass is 16.2. The summed E-state index contributed by atoms with van der Waals surface area (Å²) in [5.74, 6) is 1.54. The maximum absolute atomic E-state index is 12.1. The van der Waals surface area contributed by atoms with Crippen molar-refractivity contribution in [1.29, 1.82) is 0 Å². The van der Waals surface area contributed by atoms with E-state index in [1.807, 2.05) is 0 Å². The first-order valence-corrected chi connectivity index (χ1v) is 6.17. The molecule has 1 amide bonds. The molecule has 3 aliphatic rings. The first kappa shape index (κ1) is 9.64. The molecule has 4 unspecified atom stereocenters. The van der Waals surface area contributed by atoms with Crippen LogP contribution in [0.4, 0.5) is 0 Å². The van der Waals surface area contributed by atoms with Crippen LogP contribution in [-0.2, 0) is 4.79 Å². The molecule has 3 fully saturated rings. The fraction of sp³-hybridized carbons (Fsp3) is 0.917. The molecule has 0 saturated heterocycles. The van der Waals surface area contributed by atoms with Gasteiger partial charge in [-0.2, -0.15) is 0 Å². The highest BCUT2D eigenvalue weighted by Crippen LogP contribution is 2.48. The van der Waals surface area contributed by atoms with Gasteiger partial charge in [-0.15, -0.1) is 0 Å². The van der Waals surface area contributed by atoms with Crippen molar-refractivity contribution in [1.82, 2.24) is 5.32 Å². The number of fused-ring (bicyclic) bond motifs is 2. The van der Waals surface area contributed by atoms with Crippen molar-refractivity contribution in [3.63, 3.8) is 0 Å².